The fourth-order valence-electron chi connectivity index (χ4n) is 2.28. The fourth-order valence-corrected chi connectivity index (χ4v) is 2.28. The van der Waals surface area contributed by atoms with Crippen molar-refractivity contribution < 1.29 is 4.74 Å². The van der Waals surface area contributed by atoms with Gasteiger partial charge in [-0.15, -0.1) is 0 Å². The molecule has 0 bridgehead atoms. The molecule has 0 amide bonds. The molecule has 1 aliphatic heterocycles. The van der Waals surface area contributed by atoms with Crippen LogP contribution in [0.2, 0.25) is 0 Å². The third-order valence-corrected chi connectivity index (χ3v) is 3.28. The van der Waals surface area contributed by atoms with Gasteiger partial charge in [0, 0.05) is 32.0 Å². The molecule has 1 aromatic heterocycles. The lowest BCUT2D eigenvalue weighted by atomic mass is 10.1. The van der Waals surface area contributed by atoms with Gasteiger partial charge in [0.25, 0.3) is 0 Å². The number of ether oxygens (including phenoxy) is 1. The number of nitrogens with zero attached hydrogens (tertiary/aromatic N) is 3. The Balaban J connectivity index is 1.95. The van der Waals surface area contributed by atoms with Gasteiger partial charge in [-0.3, -0.25) is 4.90 Å². The van der Waals surface area contributed by atoms with Crippen molar-refractivity contribution in [2.75, 3.05) is 25.6 Å². The number of likely N-dealkylation sites (tertiary alicyclic amines) is 1. The molecule has 1 aliphatic rings. The van der Waals surface area contributed by atoms with Crippen LogP contribution < -0.4 is 11.3 Å². The Labute approximate surface area is 108 Å². The van der Waals surface area contributed by atoms with Gasteiger partial charge in [0.05, 0.1) is 12.6 Å². The van der Waals surface area contributed by atoms with E-state index < -0.39 is 0 Å². The number of methoxy groups -OCH3 is 1. The first kappa shape index (κ1) is 13.2. The third-order valence-electron chi connectivity index (χ3n) is 3.28. The van der Waals surface area contributed by atoms with Crippen LogP contribution in [-0.4, -0.2) is 41.2 Å². The molecule has 0 spiro atoms. The van der Waals surface area contributed by atoms with Crippen molar-refractivity contribution in [2.45, 2.75) is 32.4 Å². The molecule has 2 heterocycles. The molecule has 6 nitrogen and oxygen atoms in total. The number of piperidine rings is 1. The zero-order valence-corrected chi connectivity index (χ0v) is 11.0. The summed E-state index contributed by atoms with van der Waals surface area (Å²) in [6, 6.07) is 1.83. The maximum atomic E-state index is 5.39. The Morgan fingerprint density at radius 2 is 2.17 bits per heavy atom. The molecular weight excluding hydrogens is 230 g/mol. The molecule has 0 saturated carbocycles. The Hall–Kier alpha value is -1.24. The minimum atomic E-state index is 0.404. The predicted molar refractivity (Wildman–Crippen MR) is 69.9 cm³/mol. The minimum absolute atomic E-state index is 0.404. The van der Waals surface area contributed by atoms with E-state index >= 15 is 0 Å². The Morgan fingerprint density at radius 3 is 2.78 bits per heavy atom. The summed E-state index contributed by atoms with van der Waals surface area (Å²) in [5.74, 6) is 6.88. The highest BCUT2D eigenvalue weighted by Gasteiger charge is 2.19. The van der Waals surface area contributed by atoms with Crippen molar-refractivity contribution in [3.05, 3.63) is 17.6 Å². The van der Waals surface area contributed by atoms with E-state index in [1.165, 1.54) is 0 Å². The highest BCUT2D eigenvalue weighted by molar-refractivity contribution is 5.33. The quantitative estimate of drug-likeness (QED) is 0.605. The second-order valence-corrected chi connectivity index (χ2v) is 4.67. The Bertz CT molecular complexity index is 390. The summed E-state index contributed by atoms with van der Waals surface area (Å²) in [4.78, 5) is 11.2. The summed E-state index contributed by atoms with van der Waals surface area (Å²) >= 11 is 0. The normalized spacial score (nSPS) is 17.9. The number of anilines is 1. The first-order chi connectivity index (χ1) is 8.71. The van der Waals surface area contributed by atoms with Crippen molar-refractivity contribution >= 4 is 5.82 Å². The Kier molecular flexibility index (Phi) is 4.46. The lowest BCUT2D eigenvalue weighted by molar-refractivity contribution is 0.0381. The summed E-state index contributed by atoms with van der Waals surface area (Å²) in [5, 5.41) is 0. The van der Waals surface area contributed by atoms with Gasteiger partial charge in [0.15, 0.2) is 0 Å². The number of rotatable bonds is 4. The van der Waals surface area contributed by atoms with Crippen molar-refractivity contribution in [1.29, 1.82) is 0 Å². The predicted octanol–water partition coefficient (Wildman–Crippen LogP) is 0.681. The molecule has 0 atom stereocenters. The smallest absolute Gasteiger partial charge is 0.145 e. The second kappa shape index (κ2) is 6.08. The summed E-state index contributed by atoms with van der Waals surface area (Å²) in [6.07, 6.45) is 2.55. The van der Waals surface area contributed by atoms with Crippen LogP contribution in [0.15, 0.2) is 6.07 Å². The maximum absolute atomic E-state index is 5.39. The van der Waals surface area contributed by atoms with Gasteiger partial charge in [-0.1, -0.05) is 0 Å². The molecule has 1 fully saturated rings. The number of nitrogen functional groups attached to an aromatic ring is 1. The Morgan fingerprint density at radius 1 is 1.44 bits per heavy atom. The molecule has 1 aromatic rings. The standard InChI is InChI=1S/C12H21N5O/c1-9-7-11(16-13)15-12(14-9)8-17-5-3-10(18-2)4-6-17/h7,10H,3-6,8,13H2,1-2H3,(H,14,15,16). The van der Waals surface area contributed by atoms with E-state index in [9.17, 15) is 0 Å². The van der Waals surface area contributed by atoms with E-state index in [0.717, 1.165) is 44.0 Å². The van der Waals surface area contributed by atoms with Crippen molar-refractivity contribution in [3.63, 3.8) is 0 Å². The van der Waals surface area contributed by atoms with Crippen LogP contribution in [-0.2, 0) is 11.3 Å². The number of hydrogen-bond acceptors (Lipinski definition) is 6. The van der Waals surface area contributed by atoms with Crippen molar-refractivity contribution in [3.8, 4) is 0 Å². The number of aryl methyl sites for hydroxylation is 1. The first-order valence-corrected chi connectivity index (χ1v) is 6.27. The lowest BCUT2D eigenvalue weighted by Gasteiger charge is -2.30. The van der Waals surface area contributed by atoms with E-state index in [4.69, 9.17) is 10.6 Å². The molecule has 3 N–H and O–H groups in total. The molecule has 1 saturated heterocycles. The van der Waals surface area contributed by atoms with Crippen LogP contribution >= 0.6 is 0 Å². The van der Waals surface area contributed by atoms with E-state index in [0.29, 0.717) is 11.9 Å². The number of nitrogens with two attached hydrogens (primary N) is 1. The van der Waals surface area contributed by atoms with Gasteiger partial charge in [-0.2, -0.15) is 0 Å². The topological polar surface area (TPSA) is 76.3 Å². The molecule has 6 heteroatoms. The van der Waals surface area contributed by atoms with Crippen molar-refractivity contribution in [2.24, 2.45) is 5.84 Å². The fraction of sp³-hybridized carbons (Fsp3) is 0.667. The van der Waals surface area contributed by atoms with Gasteiger partial charge in [-0.25, -0.2) is 15.8 Å². The van der Waals surface area contributed by atoms with Crippen molar-refractivity contribution in [1.82, 2.24) is 14.9 Å². The first-order valence-electron chi connectivity index (χ1n) is 6.27. The van der Waals surface area contributed by atoms with Gasteiger partial charge in [-0.05, 0) is 19.8 Å². The number of hydrogen-bond donors (Lipinski definition) is 2. The number of nitrogens with one attached hydrogen (secondary N) is 1. The third kappa shape index (κ3) is 3.38. The maximum Gasteiger partial charge on any atom is 0.145 e. The lowest BCUT2D eigenvalue weighted by Crippen LogP contribution is -2.36. The number of hydrazine groups is 1. The molecule has 0 unspecified atom stereocenters. The van der Waals surface area contributed by atoms with E-state index in [2.05, 4.69) is 20.3 Å². The van der Waals surface area contributed by atoms with Gasteiger partial charge in [0.2, 0.25) is 0 Å². The molecule has 0 radical (unpaired) electrons. The molecule has 2 rings (SSSR count). The van der Waals surface area contributed by atoms with E-state index in [1.54, 1.807) is 7.11 Å². The van der Waals surface area contributed by atoms with Crippen LogP contribution in [0.4, 0.5) is 5.82 Å². The SMILES string of the molecule is COC1CCN(Cc2nc(C)cc(NN)n2)CC1. The van der Waals surface area contributed by atoms with Gasteiger partial charge >= 0.3 is 0 Å². The second-order valence-electron chi connectivity index (χ2n) is 4.67. The summed E-state index contributed by atoms with van der Waals surface area (Å²) < 4.78 is 5.36. The molecule has 18 heavy (non-hydrogen) atoms. The zero-order chi connectivity index (χ0) is 13.0. The van der Waals surface area contributed by atoms with E-state index in [1.807, 2.05) is 13.0 Å². The van der Waals surface area contributed by atoms with Crippen LogP contribution in [0.25, 0.3) is 0 Å². The molecule has 0 aliphatic carbocycles. The van der Waals surface area contributed by atoms with Gasteiger partial charge < -0.3 is 10.2 Å². The van der Waals surface area contributed by atoms with Gasteiger partial charge in [0.1, 0.15) is 11.6 Å². The van der Waals surface area contributed by atoms with Crippen LogP contribution in [0.3, 0.4) is 0 Å². The summed E-state index contributed by atoms with van der Waals surface area (Å²) in [7, 11) is 1.78. The highest BCUT2D eigenvalue weighted by Crippen LogP contribution is 2.15. The van der Waals surface area contributed by atoms with Crippen LogP contribution in [0.5, 0.6) is 0 Å². The molecule has 100 valence electrons. The average Bonchev–Trinajstić information content (AvgIpc) is 2.39. The van der Waals surface area contributed by atoms with E-state index in [-0.39, 0.29) is 0 Å². The van der Waals surface area contributed by atoms with Crippen LogP contribution in [0.1, 0.15) is 24.4 Å². The summed E-state index contributed by atoms with van der Waals surface area (Å²) in [5.41, 5.74) is 3.50. The molecule has 0 aromatic carbocycles. The zero-order valence-electron chi connectivity index (χ0n) is 11.0. The molecular formula is C12H21N5O. The summed E-state index contributed by atoms with van der Waals surface area (Å²) in [6.45, 7) is 4.78. The largest absolute Gasteiger partial charge is 0.381 e. The average molecular weight is 251 g/mol. The monoisotopic (exact) mass is 251 g/mol. The minimum Gasteiger partial charge on any atom is -0.381 e. The van der Waals surface area contributed by atoms with Crippen LogP contribution in [0, 0.1) is 6.92 Å². The highest BCUT2D eigenvalue weighted by atomic mass is 16.5. The number of aromatic nitrogens is 2.